The first-order valence-corrected chi connectivity index (χ1v) is 5.81. The number of aryl methyl sites for hydroxylation is 2. The summed E-state index contributed by atoms with van der Waals surface area (Å²) >= 11 is 0. The number of hydrogen-bond donors (Lipinski definition) is 1. The fourth-order valence-corrected chi connectivity index (χ4v) is 1.60. The van der Waals surface area contributed by atoms with E-state index in [1.165, 1.54) is 11.7 Å². The van der Waals surface area contributed by atoms with Crippen LogP contribution in [0.5, 0.6) is 0 Å². The van der Waals surface area contributed by atoms with Crippen LogP contribution in [0.15, 0.2) is 0 Å². The Balaban J connectivity index is 2.57. The zero-order valence-electron chi connectivity index (χ0n) is 10.8. The molecule has 0 aliphatic heterocycles. The van der Waals surface area contributed by atoms with Gasteiger partial charge in [-0.25, -0.2) is 4.79 Å². The van der Waals surface area contributed by atoms with Crippen LogP contribution in [0.25, 0.3) is 0 Å². The van der Waals surface area contributed by atoms with Crippen LogP contribution in [0.1, 0.15) is 35.9 Å². The highest BCUT2D eigenvalue weighted by Crippen LogP contribution is 2.22. The van der Waals surface area contributed by atoms with Gasteiger partial charge in [0.2, 0.25) is 0 Å². The van der Waals surface area contributed by atoms with E-state index in [1.54, 1.807) is 0 Å². The smallest absolute Gasteiger partial charge is 0.389 e. The maximum atomic E-state index is 11.9. The van der Waals surface area contributed by atoms with Gasteiger partial charge in [0.25, 0.3) is 0 Å². The molecule has 19 heavy (non-hydrogen) atoms. The summed E-state index contributed by atoms with van der Waals surface area (Å²) in [5.41, 5.74) is 6.57. The summed E-state index contributed by atoms with van der Waals surface area (Å²) in [5.74, 6) is -0.755. The summed E-state index contributed by atoms with van der Waals surface area (Å²) in [6, 6.07) is 0. The highest BCUT2D eigenvalue weighted by atomic mass is 19.4. The Morgan fingerprint density at radius 1 is 1.47 bits per heavy atom. The molecule has 1 aromatic heterocycles. The molecule has 1 heterocycles. The van der Waals surface area contributed by atoms with Crippen LogP contribution in [0.3, 0.4) is 0 Å². The number of carbonyl (C=O) groups excluding carboxylic acids is 1. The van der Waals surface area contributed by atoms with E-state index < -0.39 is 18.6 Å². The van der Waals surface area contributed by atoms with Crippen molar-refractivity contribution < 1.29 is 22.7 Å². The predicted octanol–water partition coefficient (Wildman–Crippen LogP) is 2.06. The summed E-state index contributed by atoms with van der Waals surface area (Å²) in [4.78, 5) is 11.7. The Morgan fingerprint density at radius 3 is 2.58 bits per heavy atom. The third-order valence-corrected chi connectivity index (χ3v) is 2.53. The van der Waals surface area contributed by atoms with Gasteiger partial charge < -0.3 is 10.5 Å². The molecule has 0 radical (unpaired) electrons. The number of nitrogens with two attached hydrogens (primary N) is 1. The van der Waals surface area contributed by atoms with Crippen molar-refractivity contribution >= 4 is 11.7 Å². The summed E-state index contributed by atoms with van der Waals surface area (Å²) in [7, 11) is 1.53. The van der Waals surface area contributed by atoms with Crippen LogP contribution in [0, 0.1) is 0 Å². The van der Waals surface area contributed by atoms with Gasteiger partial charge >= 0.3 is 12.1 Å². The Bertz CT molecular complexity index is 455. The van der Waals surface area contributed by atoms with Crippen molar-refractivity contribution in [3.05, 3.63) is 11.4 Å². The van der Waals surface area contributed by atoms with Crippen LogP contribution in [-0.2, 0) is 18.2 Å². The number of anilines is 1. The Labute approximate surface area is 108 Å². The lowest BCUT2D eigenvalue weighted by Crippen LogP contribution is -2.15. The summed E-state index contributed by atoms with van der Waals surface area (Å²) in [6.45, 7) is 1.53. The minimum atomic E-state index is -4.24. The van der Waals surface area contributed by atoms with Crippen molar-refractivity contribution in [1.82, 2.24) is 9.78 Å². The fourth-order valence-electron chi connectivity index (χ4n) is 1.60. The van der Waals surface area contributed by atoms with Crippen LogP contribution < -0.4 is 5.73 Å². The van der Waals surface area contributed by atoms with Crippen molar-refractivity contribution in [2.45, 2.75) is 32.4 Å². The number of rotatable bonds is 5. The fraction of sp³-hybridized carbons (Fsp3) is 0.636. The number of nitrogen functional groups attached to an aromatic ring is 1. The summed E-state index contributed by atoms with van der Waals surface area (Å²) in [6.07, 6.45) is -4.94. The highest BCUT2D eigenvalue weighted by molar-refractivity contribution is 5.93. The van der Waals surface area contributed by atoms with E-state index in [9.17, 15) is 18.0 Å². The van der Waals surface area contributed by atoms with E-state index in [0.717, 1.165) is 0 Å². The minimum Gasteiger partial charge on any atom is -0.461 e. The second-order valence-corrected chi connectivity index (χ2v) is 4.04. The van der Waals surface area contributed by atoms with Crippen molar-refractivity contribution in [2.75, 3.05) is 12.3 Å². The van der Waals surface area contributed by atoms with Crippen LogP contribution >= 0.6 is 0 Å². The Hall–Kier alpha value is -1.73. The third-order valence-electron chi connectivity index (χ3n) is 2.53. The first-order chi connectivity index (χ1) is 8.76. The number of nitrogens with zero attached hydrogens (tertiary/aromatic N) is 2. The molecule has 108 valence electrons. The van der Waals surface area contributed by atoms with Gasteiger partial charge in [0.15, 0.2) is 5.69 Å². The second-order valence-electron chi connectivity index (χ2n) is 4.04. The molecule has 0 atom stereocenters. The summed E-state index contributed by atoms with van der Waals surface area (Å²) in [5, 5.41) is 4.03. The molecule has 0 saturated carbocycles. The zero-order valence-corrected chi connectivity index (χ0v) is 10.8. The van der Waals surface area contributed by atoms with Gasteiger partial charge in [0.1, 0.15) is 0 Å². The molecule has 0 spiro atoms. The average molecular weight is 279 g/mol. The van der Waals surface area contributed by atoms with E-state index in [2.05, 4.69) is 5.10 Å². The maximum Gasteiger partial charge on any atom is 0.389 e. The molecule has 0 fully saturated rings. The maximum absolute atomic E-state index is 11.9. The molecule has 0 amide bonds. The Kier molecular flexibility index (Phi) is 4.79. The monoisotopic (exact) mass is 279 g/mol. The molecule has 0 aliphatic carbocycles. The van der Waals surface area contributed by atoms with Crippen molar-refractivity contribution in [3.63, 3.8) is 0 Å². The number of ether oxygens (including phenoxy) is 1. The Morgan fingerprint density at radius 2 is 2.11 bits per heavy atom. The molecular weight excluding hydrogens is 263 g/mol. The van der Waals surface area contributed by atoms with Crippen LogP contribution in [-0.4, -0.2) is 28.5 Å². The number of alkyl halides is 3. The van der Waals surface area contributed by atoms with Crippen molar-refractivity contribution in [2.24, 2.45) is 7.05 Å². The average Bonchev–Trinajstić information content (AvgIpc) is 2.58. The first-order valence-electron chi connectivity index (χ1n) is 5.81. The SMILES string of the molecule is CCc1nn(C)c(C(=O)OCCCC(F)(F)F)c1N. The van der Waals surface area contributed by atoms with Crippen molar-refractivity contribution in [1.29, 1.82) is 0 Å². The van der Waals surface area contributed by atoms with Gasteiger partial charge in [-0.05, 0) is 12.8 Å². The lowest BCUT2D eigenvalue weighted by molar-refractivity contribution is -0.137. The quantitative estimate of drug-likeness (QED) is 0.661. The molecule has 5 nitrogen and oxygen atoms in total. The zero-order chi connectivity index (χ0) is 14.6. The normalized spacial score (nSPS) is 11.6. The number of aromatic nitrogens is 2. The second kappa shape index (κ2) is 5.94. The molecule has 8 heteroatoms. The molecule has 0 bridgehead atoms. The van der Waals surface area contributed by atoms with Gasteiger partial charge in [-0.3, -0.25) is 4.68 Å². The van der Waals surface area contributed by atoms with E-state index in [1.807, 2.05) is 6.92 Å². The van der Waals surface area contributed by atoms with Gasteiger partial charge in [0.05, 0.1) is 18.0 Å². The van der Waals surface area contributed by atoms with Gasteiger partial charge in [-0.2, -0.15) is 18.3 Å². The predicted molar refractivity (Wildman–Crippen MR) is 62.6 cm³/mol. The van der Waals surface area contributed by atoms with Gasteiger partial charge in [-0.1, -0.05) is 6.92 Å². The molecule has 0 aliphatic rings. The van der Waals surface area contributed by atoms with Gasteiger partial charge in [-0.15, -0.1) is 0 Å². The molecule has 2 N–H and O–H groups in total. The standard InChI is InChI=1S/C11H16F3N3O2/c1-3-7-8(15)9(17(2)16-7)10(18)19-6-4-5-11(12,13)14/h3-6,15H2,1-2H3. The molecule has 1 rings (SSSR count). The number of halogens is 3. The van der Waals surface area contributed by atoms with Crippen molar-refractivity contribution in [3.8, 4) is 0 Å². The van der Waals surface area contributed by atoms with E-state index in [4.69, 9.17) is 10.5 Å². The minimum absolute atomic E-state index is 0.0730. The molecule has 0 saturated heterocycles. The number of hydrogen-bond acceptors (Lipinski definition) is 4. The first kappa shape index (κ1) is 15.3. The number of carbonyl (C=O) groups is 1. The van der Waals surface area contributed by atoms with Crippen LogP contribution in [0.4, 0.5) is 18.9 Å². The van der Waals surface area contributed by atoms with E-state index in [0.29, 0.717) is 12.1 Å². The highest BCUT2D eigenvalue weighted by Gasteiger charge is 2.27. The lowest BCUT2D eigenvalue weighted by Gasteiger charge is -2.07. The largest absolute Gasteiger partial charge is 0.461 e. The third kappa shape index (κ3) is 4.15. The molecule has 1 aromatic rings. The summed E-state index contributed by atoms with van der Waals surface area (Å²) < 4.78 is 41.8. The van der Waals surface area contributed by atoms with Crippen LogP contribution in [0.2, 0.25) is 0 Å². The lowest BCUT2D eigenvalue weighted by atomic mass is 10.2. The topological polar surface area (TPSA) is 70.1 Å². The van der Waals surface area contributed by atoms with E-state index in [-0.39, 0.29) is 24.4 Å². The number of esters is 1. The molecule has 0 aromatic carbocycles. The van der Waals surface area contributed by atoms with Gasteiger partial charge in [0, 0.05) is 13.5 Å². The van der Waals surface area contributed by atoms with E-state index >= 15 is 0 Å². The molecule has 0 unspecified atom stereocenters. The molecular formula is C11H16F3N3O2.